The lowest BCUT2D eigenvalue weighted by atomic mass is 9.98. The van der Waals surface area contributed by atoms with E-state index in [1.54, 1.807) is 24.3 Å². The fraction of sp³-hybridized carbons (Fsp3) is 0.391. The standard InChI is InChI=1S/C23H27NO5/c1-28-21-14-17(5-9-20(21)25)6-10-22(26)24-12-11-18(15-24)13-16-3-7-19(8-4-16)23(27)29-2/h3-5,7-9,14,18,25H,6,10-13,15H2,1-2H3. The number of phenols is 1. The maximum Gasteiger partial charge on any atom is 0.337 e. The second-order valence-corrected chi connectivity index (χ2v) is 7.39. The van der Waals surface area contributed by atoms with Gasteiger partial charge >= 0.3 is 5.97 Å². The molecule has 1 atom stereocenters. The highest BCUT2D eigenvalue weighted by Crippen LogP contribution is 2.27. The van der Waals surface area contributed by atoms with Crippen LogP contribution in [0, 0.1) is 5.92 Å². The van der Waals surface area contributed by atoms with Gasteiger partial charge in [-0.3, -0.25) is 4.79 Å². The monoisotopic (exact) mass is 397 g/mol. The number of benzene rings is 2. The predicted octanol–water partition coefficient (Wildman–Crippen LogP) is 3.21. The average Bonchev–Trinajstić information content (AvgIpc) is 3.21. The van der Waals surface area contributed by atoms with Crippen LogP contribution in [0.5, 0.6) is 11.5 Å². The van der Waals surface area contributed by atoms with Crippen LogP contribution >= 0.6 is 0 Å². The van der Waals surface area contributed by atoms with Crippen molar-refractivity contribution >= 4 is 11.9 Å². The summed E-state index contributed by atoms with van der Waals surface area (Å²) in [5.41, 5.74) is 2.67. The normalized spacial score (nSPS) is 15.9. The second kappa shape index (κ2) is 9.45. The number of methoxy groups -OCH3 is 2. The zero-order chi connectivity index (χ0) is 20.8. The molecule has 2 aromatic carbocycles. The summed E-state index contributed by atoms with van der Waals surface area (Å²) in [5.74, 6) is 0.775. The molecule has 0 radical (unpaired) electrons. The number of aromatic hydroxyl groups is 1. The highest BCUT2D eigenvalue weighted by atomic mass is 16.5. The molecule has 6 nitrogen and oxygen atoms in total. The van der Waals surface area contributed by atoms with Crippen LogP contribution in [0.3, 0.4) is 0 Å². The smallest absolute Gasteiger partial charge is 0.337 e. The first kappa shape index (κ1) is 20.7. The van der Waals surface area contributed by atoms with Crippen molar-refractivity contribution in [2.24, 2.45) is 5.92 Å². The van der Waals surface area contributed by atoms with E-state index in [1.165, 1.54) is 14.2 Å². The Morgan fingerprint density at radius 2 is 1.83 bits per heavy atom. The summed E-state index contributed by atoms with van der Waals surface area (Å²) >= 11 is 0. The van der Waals surface area contributed by atoms with Crippen LogP contribution in [-0.4, -0.2) is 49.2 Å². The fourth-order valence-corrected chi connectivity index (χ4v) is 3.74. The molecule has 1 amide bonds. The van der Waals surface area contributed by atoms with E-state index in [0.29, 0.717) is 30.1 Å². The maximum atomic E-state index is 12.6. The summed E-state index contributed by atoms with van der Waals surface area (Å²) in [6.45, 7) is 1.54. The molecular weight excluding hydrogens is 370 g/mol. The van der Waals surface area contributed by atoms with Gasteiger partial charge in [0.25, 0.3) is 0 Å². The number of nitrogens with zero attached hydrogens (tertiary/aromatic N) is 1. The predicted molar refractivity (Wildman–Crippen MR) is 109 cm³/mol. The lowest BCUT2D eigenvalue weighted by Gasteiger charge is -2.17. The number of amides is 1. The molecule has 154 valence electrons. The number of carbonyl (C=O) groups excluding carboxylic acids is 2. The minimum atomic E-state index is -0.333. The summed E-state index contributed by atoms with van der Waals surface area (Å²) in [4.78, 5) is 26.0. The molecule has 29 heavy (non-hydrogen) atoms. The van der Waals surface area contributed by atoms with Gasteiger partial charge < -0.3 is 19.5 Å². The molecule has 1 aliphatic rings. The highest BCUT2D eigenvalue weighted by Gasteiger charge is 2.26. The molecule has 1 saturated heterocycles. The van der Waals surface area contributed by atoms with Crippen molar-refractivity contribution in [3.8, 4) is 11.5 Å². The molecule has 0 aromatic heterocycles. The minimum Gasteiger partial charge on any atom is -0.504 e. The van der Waals surface area contributed by atoms with Gasteiger partial charge in [0.2, 0.25) is 5.91 Å². The molecule has 0 bridgehead atoms. The number of hydrogen-bond donors (Lipinski definition) is 1. The summed E-state index contributed by atoms with van der Waals surface area (Å²) in [6, 6.07) is 12.7. The summed E-state index contributed by atoms with van der Waals surface area (Å²) in [6.07, 6.45) is 2.93. The van der Waals surface area contributed by atoms with Crippen molar-refractivity contribution < 1.29 is 24.2 Å². The van der Waals surface area contributed by atoms with Crippen molar-refractivity contribution in [1.29, 1.82) is 0 Å². The first-order valence-corrected chi connectivity index (χ1v) is 9.81. The third kappa shape index (κ3) is 5.28. The molecule has 1 heterocycles. The first-order chi connectivity index (χ1) is 14.0. The Morgan fingerprint density at radius 3 is 2.52 bits per heavy atom. The Labute approximate surface area is 171 Å². The summed E-state index contributed by atoms with van der Waals surface area (Å²) < 4.78 is 9.84. The van der Waals surface area contributed by atoms with Crippen LogP contribution in [0.2, 0.25) is 0 Å². The molecule has 1 unspecified atom stereocenters. The number of carbonyl (C=O) groups is 2. The van der Waals surface area contributed by atoms with Crippen molar-refractivity contribution in [3.05, 3.63) is 59.2 Å². The largest absolute Gasteiger partial charge is 0.504 e. The summed E-state index contributed by atoms with van der Waals surface area (Å²) in [5, 5.41) is 9.67. The van der Waals surface area contributed by atoms with Crippen LogP contribution in [0.4, 0.5) is 0 Å². The van der Waals surface area contributed by atoms with Gasteiger partial charge in [-0.1, -0.05) is 18.2 Å². The zero-order valence-corrected chi connectivity index (χ0v) is 16.9. The van der Waals surface area contributed by atoms with Crippen LogP contribution < -0.4 is 4.74 Å². The van der Waals surface area contributed by atoms with Gasteiger partial charge in [-0.05, 0) is 60.6 Å². The molecule has 1 aliphatic heterocycles. The molecule has 0 saturated carbocycles. The van der Waals surface area contributed by atoms with E-state index in [1.807, 2.05) is 23.1 Å². The molecular formula is C23H27NO5. The Hall–Kier alpha value is -3.02. The quantitative estimate of drug-likeness (QED) is 0.726. The van der Waals surface area contributed by atoms with Crippen LogP contribution in [-0.2, 0) is 22.4 Å². The zero-order valence-electron chi connectivity index (χ0n) is 16.9. The average molecular weight is 397 g/mol. The van der Waals surface area contributed by atoms with Crippen molar-refractivity contribution in [2.75, 3.05) is 27.3 Å². The van der Waals surface area contributed by atoms with Gasteiger partial charge in [-0.15, -0.1) is 0 Å². The molecule has 2 aromatic rings. The highest BCUT2D eigenvalue weighted by molar-refractivity contribution is 5.89. The Bertz CT molecular complexity index is 862. The van der Waals surface area contributed by atoms with E-state index < -0.39 is 0 Å². The number of phenolic OH excluding ortho intramolecular Hbond substituents is 1. The van der Waals surface area contributed by atoms with E-state index in [-0.39, 0.29) is 17.6 Å². The van der Waals surface area contributed by atoms with Gasteiger partial charge in [0.1, 0.15) is 0 Å². The number of likely N-dealkylation sites (tertiary alicyclic amines) is 1. The SMILES string of the molecule is COC(=O)c1ccc(CC2CCN(C(=O)CCc3ccc(O)c(OC)c3)C2)cc1. The number of aryl methyl sites for hydroxylation is 1. The number of ether oxygens (including phenoxy) is 2. The molecule has 1 fully saturated rings. The number of hydrogen-bond acceptors (Lipinski definition) is 5. The molecule has 1 N–H and O–H groups in total. The lowest BCUT2D eigenvalue weighted by Crippen LogP contribution is -2.29. The van der Waals surface area contributed by atoms with Crippen molar-refractivity contribution in [3.63, 3.8) is 0 Å². The Balaban J connectivity index is 1.48. The molecule has 0 spiro atoms. The lowest BCUT2D eigenvalue weighted by molar-refractivity contribution is -0.130. The Morgan fingerprint density at radius 1 is 1.10 bits per heavy atom. The van der Waals surface area contributed by atoms with E-state index in [2.05, 4.69) is 0 Å². The topological polar surface area (TPSA) is 76.1 Å². The first-order valence-electron chi connectivity index (χ1n) is 9.81. The van der Waals surface area contributed by atoms with E-state index >= 15 is 0 Å². The van der Waals surface area contributed by atoms with E-state index in [9.17, 15) is 14.7 Å². The van der Waals surface area contributed by atoms with E-state index in [0.717, 1.165) is 37.1 Å². The van der Waals surface area contributed by atoms with Gasteiger partial charge in [0.05, 0.1) is 19.8 Å². The van der Waals surface area contributed by atoms with E-state index in [4.69, 9.17) is 9.47 Å². The second-order valence-electron chi connectivity index (χ2n) is 7.39. The summed E-state index contributed by atoms with van der Waals surface area (Å²) in [7, 11) is 2.88. The van der Waals surface area contributed by atoms with Gasteiger partial charge in [0, 0.05) is 19.5 Å². The van der Waals surface area contributed by atoms with Crippen LogP contribution in [0.15, 0.2) is 42.5 Å². The maximum absolute atomic E-state index is 12.6. The molecule has 3 rings (SSSR count). The third-order valence-corrected chi connectivity index (χ3v) is 5.41. The van der Waals surface area contributed by atoms with Gasteiger partial charge in [-0.25, -0.2) is 4.79 Å². The minimum absolute atomic E-state index is 0.101. The fourth-order valence-electron chi connectivity index (χ4n) is 3.74. The number of esters is 1. The van der Waals surface area contributed by atoms with Crippen molar-refractivity contribution in [1.82, 2.24) is 4.90 Å². The van der Waals surface area contributed by atoms with Crippen molar-refractivity contribution in [2.45, 2.75) is 25.7 Å². The van der Waals surface area contributed by atoms with Gasteiger partial charge in [-0.2, -0.15) is 0 Å². The molecule has 0 aliphatic carbocycles. The molecule has 6 heteroatoms. The third-order valence-electron chi connectivity index (χ3n) is 5.41. The number of rotatable bonds is 7. The Kier molecular flexibility index (Phi) is 6.75. The van der Waals surface area contributed by atoms with Crippen LogP contribution in [0.25, 0.3) is 0 Å². The van der Waals surface area contributed by atoms with Crippen LogP contribution in [0.1, 0.15) is 34.3 Å². The van der Waals surface area contributed by atoms with Gasteiger partial charge in [0.15, 0.2) is 11.5 Å².